The van der Waals surface area contributed by atoms with Crippen LogP contribution in [0.5, 0.6) is 0 Å². The summed E-state index contributed by atoms with van der Waals surface area (Å²) in [6.07, 6.45) is 1.25. The largest absolute Gasteiger partial charge is 0.399 e. The number of sulfone groups is 1. The van der Waals surface area contributed by atoms with Gasteiger partial charge < -0.3 is 10.3 Å². The van der Waals surface area contributed by atoms with E-state index in [1.54, 1.807) is 12.1 Å². The number of benzene rings is 1. The summed E-state index contributed by atoms with van der Waals surface area (Å²) in [6, 6.07) is 5.33. The number of hydrogen-bond acceptors (Lipinski definition) is 4. The van der Waals surface area contributed by atoms with Crippen LogP contribution in [-0.2, 0) is 9.84 Å². The average molecular weight is 267 g/mol. The fourth-order valence-corrected chi connectivity index (χ4v) is 3.33. The van der Waals surface area contributed by atoms with Crippen molar-refractivity contribution in [3.63, 3.8) is 0 Å². The SMILES string of the molecule is Cc1nc2cc(N)ccc2n1C(C)CS(C)(=O)=O. The standard InChI is InChI=1S/C12H17N3O2S/c1-8(7-18(3,16)17)15-9(2)14-11-6-10(13)4-5-12(11)15/h4-6,8H,7,13H2,1-3H3. The first kappa shape index (κ1) is 12.9. The normalized spacial score (nSPS) is 13.9. The lowest BCUT2D eigenvalue weighted by atomic mass is 10.2. The van der Waals surface area contributed by atoms with Crippen LogP contribution < -0.4 is 5.73 Å². The predicted molar refractivity (Wildman–Crippen MR) is 73.3 cm³/mol. The number of anilines is 1. The number of hydrogen-bond donors (Lipinski definition) is 1. The smallest absolute Gasteiger partial charge is 0.149 e. The van der Waals surface area contributed by atoms with E-state index >= 15 is 0 Å². The van der Waals surface area contributed by atoms with Crippen molar-refractivity contribution in [2.75, 3.05) is 17.7 Å². The molecule has 1 unspecified atom stereocenters. The summed E-state index contributed by atoms with van der Waals surface area (Å²) in [7, 11) is -3.02. The maximum atomic E-state index is 11.4. The average Bonchev–Trinajstić information content (AvgIpc) is 2.50. The second kappa shape index (κ2) is 4.28. The van der Waals surface area contributed by atoms with Crippen LogP contribution in [-0.4, -0.2) is 30.0 Å². The zero-order valence-electron chi connectivity index (χ0n) is 10.7. The quantitative estimate of drug-likeness (QED) is 0.855. The molecule has 0 aliphatic heterocycles. The maximum absolute atomic E-state index is 11.4. The molecule has 2 N–H and O–H groups in total. The third kappa shape index (κ3) is 2.48. The molecule has 1 aromatic carbocycles. The van der Waals surface area contributed by atoms with E-state index in [0.717, 1.165) is 16.9 Å². The Morgan fingerprint density at radius 3 is 2.72 bits per heavy atom. The molecule has 2 aromatic rings. The van der Waals surface area contributed by atoms with Gasteiger partial charge >= 0.3 is 0 Å². The van der Waals surface area contributed by atoms with Crippen molar-refractivity contribution < 1.29 is 8.42 Å². The van der Waals surface area contributed by atoms with Crippen LogP contribution in [0.25, 0.3) is 11.0 Å². The molecule has 5 nitrogen and oxygen atoms in total. The van der Waals surface area contributed by atoms with E-state index < -0.39 is 9.84 Å². The lowest BCUT2D eigenvalue weighted by Crippen LogP contribution is -2.17. The van der Waals surface area contributed by atoms with Crippen LogP contribution in [0.15, 0.2) is 18.2 Å². The second-order valence-electron chi connectivity index (χ2n) is 4.72. The molecule has 0 saturated heterocycles. The monoisotopic (exact) mass is 267 g/mol. The number of nitrogens with two attached hydrogens (primary N) is 1. The minimum Gasteiger partial charge on any atom is -0.399 e. The van der Waals surface area contributed by atoms with Crippen LogP contribution >= 0.6 is 0 Å². The van der Waals surface area contributed by atoms with Gasteiger partial charge in [-0.05, 0) is 32.0 Å². The molecule has 1 heterocycles. The minimum absolute atomic E-state index is 0.101. The van der Waals surface area contributed by atoms with Crippen molar-refractivity contribution in [3.05, 3.63) is 24.0 Å². The molecule has 0 amide bonds. The van der Waals surface area contributed by atoms with Gasteiger partial charge in [-0.2, -0.15) is 0 Å². The van der Waals surface area contributed by atoms with Crippen molar-refractivity contribution in [3.8, 4) is 0 Å². The number of imidazole rings is 1. The highest BCUT2D eigenvalue weighted by Gasteiger charge is 2.17. The highest BCUT2D eigenvalue weighted by atomic mass is 32.2. The van der Waals surface area contributed by atoms with Gasteiger partial charge in [0.2, 0.25) is 0 Å². The Morgan fingerprint density at radius 1 is 1.44 bits per heavy atom. The highest BCUT2D eigenvalue weighted by molar-refractivity contribution is 7.90. The fourth-order valence-electron chi connectivity index (χ4n) is 2.31. The van der Waals surface area contributed by atoms with E-state index in [0.29, 0.717) is 5.69 Å². The summed E-state index contributed by atoms with van der Waals surface area (Å²) in [5.41, 5.74) is 8.09. The third-order valence-electron chi connectivity index (χ3n) is 2.87. The van der Waals surface area contributed by atoms with Crippen LogP contribution in [0.3, 0.4) is 0 Å². The van der Waals surface area contributed by atoms with E-state index in [4.69, 9.17) is 5.73 Å². The Balaban J connectivity index is 2.53. The molecule has 0 radical (unpaired) electrons. The lowest BCUT2D eigenvalue weighted by Gasteiger charge is -2.15. The topological polar surface area (TPSA) is 78.0 Å². The fraction of sp³-hybridized carbons (Fsp3) is 0.417. The number of fused-ring (bicyclic) bond motifs is 1. The first-order chi connectivity index (χ1) is 8.28. The van der Waals surface area contributed by atoms with Crippen molar-refractivity contribution in [1.29, 1.82) is 0 Å². The van der Waals surface area contributed by atoms with Crippen molar-refractivity contribution >= 4 is 26.6 Å². The Kier molecular flexibility index (Phi) is 3.06. The molecular weight excluding hydrogens is 250 g/mol. The molecule has 1 atom stereocenters. The van der Waals surface area contributed by atoms with E-state index in [-0.39, 0.29) is 11.8 Å². The van der Waals surface area contributed by atoms with Crippen molar-refractivity contribution in [1.82, 2.24) is 9.55 Å². The van der Waals surface area contributed by atoms with E-state index in [1.165, 1.54) is 6.26 Å². The molecular formula is C12H17N3O2S. The lowest BCUT2D eigenvalue weighted by molar-refractivity contribution is 0.562. The summed E-state index contributed by atoms with van der Waals surface area (Å²) < 4.78 is 24.7. The van der Waals surface area contributed by atoms with Gasteiger partial charge in [0.15, 0.2) is 0 Å². The van der Waals surface area contributed by atoms with Gasteiger partial charge in [0.1, 0.15) is 15.7 Å². The summed E-state index contributed by atoms with van der Waals surface area (Å²) in [6.45, 7) is 3.75. The number of nitrogens with zero attached hydrogens (tertiary/aromatic N) is 2. The number of aryl methyl sites for hydroxylation is 1. The van der Waals surface area contributed by atoms with Crippen LogP contribution in [0.4, 0.5) is 5.69 Å². The molecule has 6 heteroatoms. The van der Waals surface area contributed by atoms with Crippen LogP contribution in [0.1, 0.15) is 18.8 Å². The van der Waals surface area contributed by atoms with Gasteiger partial charge in [-0.1, -0.05) is 0 Å². The van der Waals surface area contributed by atoms with Gasteiger partial charge in [-0.3, -0.25) is 0 Å². The van der Waals surface area contributed by atoms with Gasteiger partial charge in [0.05, 0.1) is 16.8 Å². The van der Waals surface area contributed by atoms with Crippen molar-refractivity contribution in [2.24, 2.45) is 0 Å². The number of rotatable bonds is 3. The Hall–Kier alpha value is -1.56. The molecule has 0 fully saturated rings. The first-order valence-electron chi connectivity index (χ1n) is 5.70. The van der Waals surface area contributed by atoms with Gasteiger partial charge in [0.25, 0.3) is 0 Å². The highest BCUT2D eigenvalue weighted by Crippen LogP contribution is 2.23. The molecule has 0 spiro atoms. The summed E-state index contributed by atoms with van der Waals surface area (Å²) >= 11 is 0. The first-order valence-corrected chi connectivity index (χ1v) is 7.76. The van der Waals surface area contributed by atoms with Crippen LogP contribution in [0.2, 0.25) is 0 Å². The maximum Gasteiger partial charge on any atom is 0.149 e. The second-order valence-corrected chi connectivity index (χ2v) is 6.90. The minimum atomic E-state index is -3.02. The molecule has 0 saturated carbocycles. The number of nitrogen functional groups attached to an aromatic ring is 1. The summed E-state index contributed by atoms with van der Waals surface area (Å²) in [5.74, 6) is 0.899. The van der Waals surface area contributed by atoms with Crippen molar-refractivity contribution in [2.45, 2.75) is 19.9 Å². The molecule has 18 heavy (non-hydrogen) atoms. The molecule has 1 aromatic heterocycles. The molecule has 2 rings (SSSR count). The van der Waals surface area contributed by atoms with Gasteiger partial charge in [-0.15, -0.1) is 0 Å². The Labute approximate surface area is 107 Å². The summed E-state index contributed by atoms with van der Waals surface area (Å²) in [4.78, 5) is 4.41. The molecule has 0 bridgehead atoms. The van der Waals surface area contributed by atoms with Crippen LogP contribution in [0, 0.1) is 6.92 Å². The number of aromatic nitrogens is 2. The van der Waals surface area contributed by atoms with E-state index in [2.05, 4.69) is 4.98 Å². The van der Waals surface area contributed by atoms with Gasteiger partial charge in [-0.25, -0.2) is 13.4 Å². The van der Waals surface area contributed by atoms with Gasteiger partial charge in [0, 0.05) is 18.0 Å². The Morgan fingerprint density at radius 2 is 2.11 bits per heavy atom. The van der Waals surface area contributed by atoms with E-state index in [9.17, 15) is 8.42 Å². The predicted octanol–water partition coefficient (Wildman–Crippen LogP) is 1.53. The zero-order valence-corrected chi connectivity index (χ0v) is 11.5. The molecule has 98 valence electrons. The molecule has 0 aliphatic rings. The third-order valence-corrected chi connectivity index (χ3v) is 3.96. The zero-order chi connectivity index (χ0) is 13.5. The van der Waals surface area contributed by atoms with E-state index in [1.807, 2.05) is 24.5 Å². The summed E-state index contributed by atoms with van der Waals surface area (Å²) in [5, 5.41) is 0. The molecule has 0 aliphatic carbocycles. The Bertz CT molecular complexity index is 689.